The molecule has 3 aliphatic heterocycles. The number of hydrogen-bond donors (Lipinski definition) is 0. The highest BCUT2D eigenvalue weighted by atomic mass is 16.7. The van der Waals surface area contributed by atoms with Gasteiger partial charge in [0.15, 0.2) is 0 Å². The smallest absolute Gasteiger partial charge is 0.251 e. The summed E-state index contributed by atoms with van der Waals surface area (Å²) in [6.45, 7) is 7.12. The Labute approximate surface area is 143 Å². The van der Waals surface area contributed by atoms with Gasteiger partial charge in [0.2, 0.25) is 5.91 Å². The molecule has 0 aliphatic carbocycles. The van der Waals surface area contributed by atoms with Crippen LogP contribution in [0.5, 0.6) is 0 Å². The summed E-state index contributed by atoms with van der Waals surface area (Å²) in [5, 5.41) is 1.52. The summed E-state index contributed by atoms with van der Waals surface area (Å²) in [5.74, 6) is 0.130. The molecule has 0 aromatic heterocycles. The second-order valence-electron chi connectivity index (χ2n) is 6.86. The van der Waals surface area contributed by atoms with Gasteiger partial charge in [-0.15, -0.1) is 0 Å². The van der Waals surface area contributed by atoms with Gasteiger partial charge in [-0.05, 0) is 25.7 Å². The summed E-state index contributed by atoms with van der Waals surface area (Å²) in [6, 6.07) is 0. The molecule has 136 valence electrons. The molecular weight excluding hydrogens is 310 g/mol. The van der Waals surface area contributed by atoms with Crippen molar-refractivity contribution in [1.82, 2.24) is 14.9 Å². The van der Waals surface area contributed by atoms with Crippen LogP contribution in [0.15, 0.2) is 0 Å². The SMILES string of the molecule is O=C1CC[C@H](C(=O)N2CCCCO2)CN1CCCN1CCOCC1. The van der Waals surface area contributed by atoms with Crippen LogP contribution in [0, 0.1) is 5.92 Å². The van der Waals surface area contributed by atoms with Gasteiger partial charge < -0.3 is 9.64 Å². The van der Waals surface area contributed by atoms with Crippen LogP contribution in [0.2, 0.25) is 0 Å². The molecule has 7 heteroatoms. The number of hydroxylamine groups is 2. The molecule has 3 aliphatic rings. The third-order valence-corrected chi connectivity index (χ3v) is 5.10. The van der Waals surface area contributed by atoms with E-state index in [0.717, 1.165) is 58.7 Å². The van der Waals surface area contributed by atoms with Crippen LogP contribution in [0.1, 0.15) is 32.1 Å². The molecule has 1 atom stereocenters. The number of likely N-dealkylation sites (tertiary alicyclic amines) is 1. The molecule has 24 heavy (non-hydrogen) atoms. The quantitative estimate of drug-likeness (QED) is 0.730. The zero-order chi connectivity index (χ0) is 16.8. The van der Waals surface area contributed by atoms with Crippen molar-refractivity contribution in [2.24, 2.45) is 5.92 Å². The fourth-order valence-electron chi connectivity index (χ4n) is 3.62. The van der Waals surface area contributed by atoms with Crippen molar-refractivity contribution in [2.75, 3.05) is 59.1 Å². The van der Waals surface area contributed by atoms with Gasteiger partial charge in [-0.3, -0.25) is 19.3 Å². The van der Waals surface area contributed by atoms with Crippen LogP contribution in [0.3, 0.4) is 0 Å². The molecule has 0 aromatic rings. The van der Waals surface area contributed by atoms with Crippen molar-refractivity contribution in [3.8, 4) is 0 Å². The molecule has 3 rings (SSSR count). The van der Waals surface area contributed by atoms with Crippen molar-refractivity contribution in [3.63, 3.8) is 0 Å². The number of hydrogen-bond acceptors (Lipinski definition) is 5. The summed E-state index contributed by atoms with van der Waals surface area (Å²) in [7, 11) is 0. The fraction of sp³-hybridized carbons (Fsp3) is 0.882. The lowest BCUT2D eigenvalue weighted by Crippen LogP contribution is -2.48. The van der Waals surface area contributed by atoms with Crippen LogP contribution in [-0.4, -0.2) is 85.8 Å². The van der Waals surface area contributed by atoms with E-state index in [1.807, 2.05) is 4.90 Å². The van der Waals surface area contributed by atoms with Crippen LogP contribution >= 0.6 is 0 Å². The number of carbonyl (C=O) groups excluding carboxylic acids is 2. The zero-order valence-electron chi connectivity index (χ0n) is 14.5. The lowest BCUT2D eigenvalue weighted by atomic mass is 9.96. The van der Waals surface area contributed by atoms with E-state index >= 15 is 0 Å². The summed E-state index contributed by atoms with van der Waals surface area (Å²) in [6.07, 6.45) is 4.09. The van der Waals surface area contributed by atoms with E-state index in [-0.39, 0.29) is 17.7 Å². The van der Waals surface area contributed by atoms with Crippen molar-refractivity contribution < 1.29 is 19.2 Å². The van der Waals surface area contributed by atoms with Crippen molar-refractivity contribution in [1.29, 1.82) is 0 Å². The van der Waals surface area contributed by atoms with Crippen LogP contribution < -0.4 is 0 Å². The van der Waals surface area contributed by atoms with Gasteiger partial charge in [0.05, 0.1) is 25.7 Å². The number of nitrogens with zero attached hydrogens (tertiary/aromatic N) is 3. The fourth-order valence-corrected chi connectivity index (χ4v) is 3.62. The van der Waals surface area contributed by atoms with Crippen LogP contribution in [-0.2, 0) is 19.2 Å². The van der Waals surface area contributed by atoms with Gasteiger partial charge in [0.25, 0.3) is 5.91 Å². The normalized spacial score (nSPS) is 26.7. The molecule has 0 N–H and O–H groups in total. The third kappa shape index (κ3) is 4.68. The molecular formula is C17H29N3O4. The van der Waals surface area contributed by atoms with Crippen LogP contribution in [0.4, 0.5) is 0 Å². The first-order chi connectivity index (χ1) is 11.7. The Bertz CT molecular complexity index is 434. The summed E-state index contributed by atoms with van der Waals surface area (Å²) >= 11 is 0. The van der Waals surface area contributed by atoms with Gasteiger partial charge in [-0.25, -0.2) is 5.06 Å². The Balaban J connectivity index is 1.44. The van der Waals surface area contributed by atoms with Gasteiger partial charge >= 0.3 is 0 Å². The van der Waals surface area contributed by atoms with Crippen molar-refractivity contribution in [3.05, 3.63) is 0 Å². The summed E-state index contributed by atoms with van der Waals surface area (Å²) in [5.41, 5.74) is 0. The Morgan fingerprint density at radius 3 is 2.67 bits per heavy atom. The molecule has 3 saturated heterocycles. The topological polar surface area (TPSA) is 62.3 Å². The second kappa shape index (κ2) is 8.78. The minimum Gasteiger partial charge on any atom is -0.379 e. The van der Waals surface area contributed by atoms with Crippen molar-refractivity contribution >= 4 is 11.8 Å². The highest BCUT2D eigenvalue weighted by molar-refractivity contribution is 5.83. The first kappa shape index (κ1) is 17.6. The molecule has 0 saturated carbocycles. The predicted molar refractivity (Wildman–Crippen MR) is 88.1 cm³/mol. The largest absolute Gasteiger partial charge is 0.379 e. The Kier molecular flexibility index (Phi) is 6.45. The Morgan fingerprint density at radius 2 is 1.92 bits per heavy atom. The molecule has 3 fully saturated rings. The second-order valence-corrected chi connectivity index (χ2v) is 6.86. The number of piperidine rings is 1. The van der Waals surface area contributed by atoms with E-state index in [2.05, 4.69) is 4.90 Å². The molecule has 0 spiro atoms. The maximum atomic E-state index is 12.6. The van der Waals surface area contributed by atoms with E-state index in [0.29, 0.717) is 32.5 Å². The monoisotopic (exact) mass is 339 g/mol. The van der Waals surface area contributed by atoms with Gasteiger partial charge in [-0.2, -0.15) is 0 Å². The third-order valence-electron chi connectivity index (χ3n) is 5.10. The first-order valence-electron chi connectivity index (χ1n) is 9.26. The standard InChI is InChI=1S/C17H29N3O4/c21-16-5-4-15(17(22)20-8-1-2-11-24-20)14-19(16)7-3-6-18-9-12-23-13-10-18/h15H,1-14H2/t15-/m0/s1. The molecule has 2 amide bonds. The van der Waals surface area contributed by atoms with E-state index < -0.39 is 0 Å². The predicted octanol–water partition coefficient (Wildman–Crippen LogP) is 0.501. The van der Waals surface area contributed by atoms with E-state index in [4.69, 9.17) is 9.57 Å². The first-order valence-corrected chi connectivity index (χ1v) is 9.26. The molecule has 0 unspecified atom stereocenters. The molecule has 0 aromatic carbocycles. The molecule has 0 bridgehead atoms. The van der Waals surface area contributed by atoms with Gasteiger partial charge in [-0.1, -0.05) is 0 Å². The van der Waals surface area contributed by atoms with Gasteiger partial charge in [0.1, 0.15) is 0 Å². The number of carbonyl (C=O) groups is 2. The molecule has 3 heterocycles. The Hall–Kier alpha value is -1.18. The average molecular weight is 339 g/mol. The maximum Gasteiger partial charge on any atom is 0.251 e. The zero-order valence-corrected chi connectivity index (χ0v) is 14.5. The minimum absolute atomic E-state index is 0.0559. The number of amides is 2. The number of rotatable bonds is 5. The van der Waals surface area contributed by atoms with E-state index in [1.165, 1.54) is 5.06 Å². The molecule has 0 radical (unpaired) electrons. The number of ether oxygens (including phenoxy) is 1. The Morgan fingerprint density at radius 1 is 1.08 bits per heavy atom. The summed E-state index contributed by atoms with van der Waals surface area (Å²) < 4.78 is 5.35. The van der Waals surface area contributed by atoms with Crippen molar-refractivity contribution in [2.45, 2.75) is 32.1 Å². The van der Waals surface area contributed by atoms with E-state index in [9.17, 15) is 9.59 Å². The maximum absolute atomic E-state index is 12.6. The highest BCUT2D eigenvalue weighted by Crippen LogP contribution is 2.21. The molecule has 7 nitrogen and oxygen atoms in total. The number of morpholine rings is 1. The lowest BCUT2D eigenvalue weighted by Gasteiger charge is -2.36. The average Bonchev–Trinajstić information content (AvgIpc) is 2.64. The van der Waals surface area contributed by atoms with Gasteiger partial charge in [0, 0.05) is 45.7 Å². The summed E-state index contributed by atoms with van der Waals surface area (Å²) in [4.78, 5) is 34.5. The van der Waals surface area contributed by atoms with E-state index in [1.54, 1.807) is 0 Å². The van der Waals surface area contributed by atoms with Crippen LogP contribution in [0.25, 0.3) is 0 Å². The minimum atomic E-state index is -0.107. The lowest BCUT2D eigenvalue weighted by molar-refractivity contribution is -0.202. The highest BCUT2D eigenvalue weighted by Gasteiger charge is 2.33.